The van der Waals surface area contributed by atoms with Crippen molar-refractivity contribution in [2.24, 2.45) is 5.41 Å². The number of ether oxygens (including phenoxy) is 1. The Balaban J connectivity index is 1.85. The minimum absolute atomic E-state index is 0.00740. The van der Waals surface area contributed by atoms with Crippen molar-refractivity contribution in [3.63, 3.8) is 0 Å². The van der Waals surface area contributed by atoms with Crippen LogP contribution in [0.5, 0.6) is 0 Å². The second kappa shape index (κ2) is 8.66. The van der Waals surface area contributed by atoms with Gasteiger partial charge in [-0.05, 0) is 82.8 Å². The molecule has 2 N–H and O–H groups in total. The van der Waals surface area contributed by atoms with E-state index in [4.69, 9.17) is 20.5 Å². The molecule has 2 aliphatic rings. The molecule has 0 bridgehead atoms. The molecule has 34 heavy (non-hydrogen) atoms. The van der Waals surface area contributed by atoms with Crippen molar-refractivity contribution in [3.8, 4) is 6.07 Å². The van der Waals surface area contributed by atoms with Gasteiger partial charge in [-0.25, -0.2) is 4.98 Å². The first-order valence-electron chi connectivity index (χ1n) is 13.6. The number of nitrogens with zero attached hydrogens (tertiary/aromatic N) is 3. The number of hydrogen-bond acceptors (Lipinski definition) is 5. The van der Waals surface area contributed by atoms with E-state index in [-0.39, 0.29) is 46.9 Å². The molecule has 1 fully saturated rings. The van der Waals surface area contributed by atoms with Crippen LogP contribution in [-0.2, 0) is 4.74 Å². The molecular formula is C27H35N5O2. The van der Waals surface area contributed by atoms with Gasteiger partial charge in [0.15, 0.2) is 5.82 Å². The van der Waals surface area contributed by atoms with E-state index in [1.54, 1.807) is 19.9 Å². The van der Waals surface area contributed by atoms with Gasteiger partial charge in [-0.15, -0.1) is 0 Å². The Bertz CT molecular complexity index is 1320. The highest BCUT2D eigenvalue weighted by Crippen LogP contribution is 2.44. The minimum Gasteiger partial charge on any atom is -0.370 e. The highest BCUT2D eigenvalue weighted by atomic mass is 16.5. The third-order valence-electron chi connectivity index (χ3n) is 6.09. The highest BCUT2D eigenvalue weighted by Gasteiger charge is 2.40. The van der Waals surface area contributed by atoms with Crippen LogP contribution >= 0.6 is 0 Å². The molecule has 1 atom stereocenters. The number of carbonyl (C=O) groups excluding carboxylic acids is 1. The Kier molecular flexibility index (Phi) is 4.93. The largest absolute Gasteiger partial charge is 0.370 e. The lowest BCUT2D eigenvalue weighted by Gasteiger charge is -2.45. The number of aromatic amines is 1. The third-order valence-corrected chi connectivity index (χ3v) is 6.09. The molecule has 2 aromatic rings. The Hall–Kier alpha value is -2.98. The first kappa shape index (κ1) is 19.3. The van der Waals surface area contributed by atoms with Crippen LogP contribution in [0.2, 0.25) is 0 Å². The summed E-state index contributed by atoms with van der Waals surface area (Å²) in [5.41, 5.74) is -0.313. The summed E-state index contributed by atoms with van der Waals surface area (Å²) >= 11 is 0. The molecule has 0 radical (unpaired) electrons. The zero-order chi connectivity index (χ0) is 28.3. The molecule has 1 aliphatic heterocycles. The van der Waals surface area contributed by atoms with Crippen LogP contribution in [0.15, 0.2) is 24.4 Å². The zero-order valence-electron chi connectivity index (χ0n) is 24.7. The molecule has 1 unspecified atom stereocenters. The van der Waals surface area contributed by atoms with Gasteiger partial charge in [0.2, 0.25) is 0 Å². The maximum Gasteiger partial charge on any atom is 0.291 e. The summed E-state index contributed by atoms with van der Waals surface area (Å²) in [7, 11) is 0. The molecule has 7 nitrogen and oxygen atoms in total. The van der Waals surface area contributed by atoms with Crippen molar-refractivity contribution in [1.29, 1.82) is 5.26 Å². The number of H-pyrrole nitrogens is 1. The lowest BCUT2D eigenvalue weighted by Crippen LogP contribution is -2.44. The first-order valence-corrected chi connectivity index (χ1v) is 11.6. The summed E-state index contributed by atoms with van der Waals surface area (Å²) in [6.45, 7) is 11.7. The molecule has 2 aromatic heterocycles. The zero-order valence-corrected chi connectivity index (χ0v) is 20.7. The standard InChI is InChI=1S/C27H35N5O2/c1-25(2)11-9-17(10-12-25)22-21(32-24(33)23-29-16-19(15-28)30-23)8-7-20(31-22)18-13-26(3,4)34-27(5,6)14-18/h7-9,16,18H,10-14H2,1-6H3,(H,29,30)(H,32,33)/i9D,10D2,11D. The van der Waals surface area contributed by atoms with Crippen LogP contribution in [0.3, 0.4) is 0 Å². The Labute approximate surface area is 207 Å². The summed E-state index contributed by atoms with van der Waals surface area (Å²) in [5, 5.41) is 11.8. The fourth-order valence-corrected chi connectivity index (χ4v) is 4.81. The average Bonchev–Trinajstić information content (AvgIpc) is 3.25. The van der Waals surface area contributed by atoms with Gasteiger partial charge in [-0.2, -0.15) is 5.26 Å². The van der Waals surface area contributed by atoms with Crippen LogP contribution in [0, 0.1) is 16.7 Å². The molecule has 0 spiro atoms. The topological polar surface area (TPSA) is 104 Å². The van der Waals surface area contributed by atoms with E-state index in [1.165, 1.54) is 6.20 Å². The normalized spacial score (nSPS) is 27.0. The Morgan fingerprint density at radius 1 is 1.26 bits per heavy atom. The number of hydrogen-bond donors (Lipinski definition) is 2. The van der Waals surface area contributed by atoms with E-state index in [9.17, 15) is 4.79 Å². The number of pyridine rings is 1. The maximum atomic E-state index is 13.0. The van der Waals surface area contributed by atoms with E-state index in [2.05, 4.69) is 15.3 Å². The molecule has 1 saturated heterocycles. The highest BCUT2D eigenvalue weighted by molar-refractivity contribution is 6.03. The Morgan fingerprint density at radius 3 is 2.62 bits per heavy atom. The number of nitrogens with one attached hydrogen (secondary N) is 2. The van der Waals surface area contributed by atoms with Crippen LogP contribution in [-0.4, -0.2) is 32.1 Å². The summed E-state index contributed by atoms with van der Waals surface area (Å²) in [6, 6.07) is 5.23. The molecule has 1 amide bonds. The number of rotatable bonds is 4. The van der Waals surface area contributed by atoms with Gasteiger partial charge in [-0.1, -0.05) is 19.9 Å². The number of anilines is 1. The van der Waals surface area contributed by atoms with Gasteiger partial charge in [0.1, 0.15) is 11.8 Å². The van der Waals surface area contributed by atoms with Gasteiger partial charge < -0.3 is 15.0 Å². The maximum absolute atomic E-state index is 13.0. The summed E-state index contributed by atoms with van der Waals surface area (Å²) in [6.07, 6.45) is -0.220. The molecule has 1 aliphatic carbocycles. The minimum atomic E-state index is -1.95. The first-order chi connectivity index (χ1) is 17.4. The van der Waals surface area contributed by atoms with Gasteiger partial charge in [-0.3, -0.25) is 9.78 Å². The molecule has 0 aromatic carbocycles. The number of nitriles is 1. The molecule has 7 heteroatoms. The SMILES string of the molecule is [2H]C1=C(c2nc(C3CC(C)(C)OC(C)(C)C3)ccc2NC(=O)c2ncc(C#N)[nH]2)C([2H])([2H])CC(C)(C)C1[2H]. The number of amides is 1. The number of allylic oxidation sites excluding steroid dienone is 2. The quantitative estimate of drug-likeness (QED) is 0.578. The number of aromatic nitrogens is 3. The second-order valence-electron chi connectivity index (χ2n) is 11.1. The van der Waals surface area contributed by atoms with Crippen molar-refractivity contribution in [2.75, 3.05) is 5.32 Å². The predicted molar refractivity (Wildman–Crippen MR) is 132 cm³/mol. The van der Waals surface area contributed by atoms with Crippen LogP contribution in [0.4, 0.5) is 5.69 Å². The molecular weight excluding hydrogens is 426 g/mol. The molecule has 0 saturated carbocycles. The smallest absolute Gasteiger partial charge is 0.291 e. The van der Waals surface area contributed by atoms with Crippen LogP contribution in [0.25, 0.3) is 5.57 Å². The van der Waals surface area contributed by atoms with Gasteiger partial charge in [0, 0.05) is 15.7 Å². The summed E-state index contributed by atoms with van der Waals surface area (Å²) < 4.78 is 41.5. The van der Waals surface area contributed by atoms with Crippen LogP contribution in [0.1, 0.15) is 113 Å². The third kappa shape index (κ3) is 5.39. The van der Waals surface area contributed by atoms with Gasteiger partial charge in [0.25, 0.3) is 5.91 Å². The van der Waals surface area contributed by atoms with E-state index in [0.29, 0.717) is 12.8 Å². The van der Waals surface area contributed by atoms with E-state index in [0.717, 1.165) is 5.69 Å². The van der Waals surface area contributed by atoms with Crippen molar-refractivity contribution in [1.82, 2.24) is 15.0 Å². The van der Waals surface area contributed by atoms with Crippen molar-refractivity contribution >= 4 is 17.2 Å². The monoisotopic (exact) mass is 465 g/mol. The number of carbonyl (C=O) groups is 1. The van der Waals surface area contributed by atoms with E-state index in [1.807, 2.05) is 39.8 Å². The average molecular weight is 466 g/mol. The fourth-order valence-electron chi connectivity index (χ4n) is 4.81. The predicted octanol–water partition coefficient (Wildman–Crippen LogP) is 5.97. The van der Waals surface area contributed by atoms with Gasteiger partial charge >= 0.3 is 0 Å². The Morgan fingerprint density at radius 2 is 1.97 bits per heavy atom. The lowest BCUT2D eigenvalue weighted by molar-refractivity contribution is -0.162. The van der Waals surface area contributed by atoms with Crippen LogP contribution < -0.4 is 5.32 Å². The fraction of sp³-hybridized carbons (Fsp3) is 0.556. The summed E-state index contributed by atoms with van der Waals surface area (Å²) in [5.74, 6) is -0.689. The van der Waals surface area contributed by atoms with E-state index < -0.39 is 35.3 Å². The number of imidazole rings is 1. The van der Waals surface area contributed by atoms with Crippen molar-refractivity contribution in [2.45, 2.75) is 90.7 Å². The molecule has 4 rings (SSSR count). The summed E-state index contributed by atoms with van der Waals surface area (Å²) in [4.78, 5) is 24.5. The van der Waals surface area contributed by atoms with Crippen molar-refractivity contribution < 1.29 is 15.0 Å². The van der Waals surface area contributed by atoms with E-state index >= 15 is 0 Å². The molecule has 3 heterocycles. The lowest BCUT2D eigenvalue weighted by atomic mass is 9.77. The van der Waals surface area contributed by atoms with Crippen molar-refractivity contribution in [3.05, 3.63) is 47.3 Å². The second-order valence-corrected chi connectivity index (χ2v) is 11.1. The molecule has 180 valence electrons. The van der Waals surface area contributed by atoms with Gasteiger partial charge in [0.05, 0.1) is 30.2 Å².